The van der Waals surface area contributed by atoms with E-state index in [1.54, 1.807) is 36.4 Å². The van der Waals surface area contributed by atoms with E-state index in [1.165, 1.54) is 6.42 Å². The molecule has 4 fully saturated rings. The predicted molar refractivity (Wildman–Crippen MR) is 259 cm³/mol. The molecule has 348 valence electrons. The Balaban J connectivity index is 0.000000306. The zero-order valence-corrected chi connectivity index (χ0v) is 42.6. The maximum atomic E-state index is 12.9. The summed E-state index contributed by atoms with van der Waals surface area (Å²) in [5.41, 5.74) is 0.617. The van der Waals surface area contributed by atoms with E-state index in [-0.39, 0.29) is 78.5 Å². The first kappa shape index (κ1) is 55.5. The second-order valence-corrected chi connectivity index (χ2v) is 21.9. The van der Waals surface area contributed by atoms with Crippen LogP contribution in [0.3, 0.4) is 0 Å². The zero-order chi connectivity index (χ0) is 47.6. The minimum atomic E-state index is -1.54. The number of carbonyl (C=O) groups is 4. The van der Waals surface area contributed by atoms with E-state index in [0.717, 1.165) is 17.3 Å². The van der Waals surface area contributed by atoms with E-state index >= 15 is 0 Å². The van der Waals surface area contributed by atoms with E-state index in [9.17, 15) is 29.2 Å². The van der Waals surface area contributed by atoms with Crippen LogP contribution in [-0.2, 0) is 18.9 Å². The summed E-state index contributed by atoms with van der Waals surface area (Å²) >= 11 is 18.7. The second-order valence-electron chi connectivity index (χ2n) is 19.2. The van der Waals surface area contributed by atoms with Gasteiger partial charge in [-0.25, -0.2) is 0 Å². The molecule has 6 N–H and O–H groups in total. The van der Waals surface area contributed by atoms with Crippen LogP contribution in [0.15, 0.2) is 45.3 Å². The molecule has 63 heavy (non-hydrogen) atoms. The summed E-state index contributed by atoms with van der Waals surface area (Å²) in [6, 6.07) is 9.94. The van der Waals surface area contributed by atoms with Crippen LogP contribution in [0, 0.1) is 35.0 Å². The van der Waals surface area contributed by atoms with Crippen molar-refractivity contribution in [2.75, 3.05) is 13.1 Å². The lowest BCUT2D eigenvalue weighted by Crippen LogP contribution is -2.65. The zero-order valence-electron chi connectivity index (χ0n) is 37.9. The van der Waals surface area contributed by atoms with Gasteiger partial charge in [0.05, 0.1) is 46.0 Å². The molecule has 3 saturated carbocycles. The Kier molecular flexibility index (Phi) is 21.9. The molecule has 2 bridgehead atoms. The van der Waals surface area contributed by atoms with Crippen molar-refractivity contribution in [2.45, 2.75) is 130 Å². The minimum Gasteiger partial charge on any atom is -0.427 e. The molecular weight excluding hydrogens is 980 g/mol. The Labute approximate surface area is 401 Å². The standard InChI is InChI=1S/C25H34BBrClNO4.C15H20BBrClNO4.C4H11BO2/c1-14(2)8-16(11-18(30)13-29-23(31)19-12-17(27)6-7-20(19)28)26-32-22-10-15-9-21(24(15,3)4)25(22,5)33-26;1-9(2)5-10(16(22)23)6-12(20)8-19-15(21)13-7-11(17)3-4-14(13)18;1-4(2)3-5(6)7/h6-7,12,14-16,21-22H,8-11,13H2,1-5H3,(H,29,31);3-4,7,9-10,22-23H,5-6,8H2,1-2H3,(H,19,21);4,6-7H,3H2,1-2H3/t15-,16+,21-,22+,25-;10-;/m01./s1. The first-order valence-corrected chi connectivity index (χ1v) is 24.1. The maximum absolute atomic E-state index is 12.9. The van der Waals surface area contributed by atoms with Crippen molar-refractivity contribution < 1.29 is 48.6 Å². The van der Waals surface area contributed by atoms with Gasteiger partial charge in [0.25, 0.3) is 11.8 Å². The molecular formula is C44H65B3Br2Cl2N2O10. The normalized spacial score (nSPS) is 21.5. The lowest BCUT2D eigenvalue weighted by molar-refractivity contribution is -0.199. The molecule has 1 saturated heterocycles. The van der Waals surface area contributed by atoms with Crippen molar-refractivity contribution in [2.24, 2.45) is 35.0 Å². The monoisotopic (exact) mass is 1040 g/mol. The van der Waals surface area contributed by atoms with Gasteiger partial charge in [-0.1, -0.05) is 110 Å². The fraction of sp³-hybridized carbons (Fsp3) is 0.636. The molecule has 1 heterocycles. The first-order chi connectivity index (χ1) is 29.2. The molecule has 3 aliphatic carbocycles. The van der Waals surface area contributed by atoms with Crippen LogP contribution in [-0.4, -0.2) is 89.6 Å². The van der Waals surface area contributed by atoms with Crippen LogP contribution < -0.4 is 10.6 Å². The summed E-state index contributed by atoms with van der Waals surface area (Å²) in [7, 11) is -3.05. The summed E-state index contributed by atoms with van der Waals surface area (Å²) in [6.07, 6.45) is 4.48. The number of halogens is 4. The van der Waals surface area contributed by atoms with Gasteiger partial charge in [-0.15, -0.1) is 0 Å². The number of benzene rings is 2. The molecule has 0 aromatic heterocycles. The third kappa shape index (κ3) is 16.5. The van der Waals surface area contributed by atoms with E-state index < -0.39 is 26.0 Å². The average molecular weight is 1050 g/mol. The predicted octanol–water partition coefficient (Wildman–Crippen LogP) is 8.73. The van der Waals surface area contributed by atoms with Gasteiger partial charge in [-0.05, 0) is 110 Å². The Morgan fingerprint density at radius 3 is 1.68 bits per heavy atom. The Bertz CT molecular complexity index is 1870. The molecule has 1 aliphatic heterocycles. The number of amides is 2. The van der Waals surface area contributed by atoms with Crippen LogP contribution in [0.5, 0.6) is 0 Å². The highest BCUT2D eigenvalue weighted by Gasteiger charge is 2.68. The van der Waals surface area contributed by atoms with Crippen LogP contribution in [0.1, 0.15) is 122 Å². The van der Waals surface area contributed by atoms with Crippen molar-refractivity contribution in [1.82, 2.24) is 10.6 Å². The molecule has 4 aliphatic rings. The van der Waals surface area contributed by atoms with Gasteiger partial charge in [0.1, 0.15) is 0 Å². The third-order valence-electron chi connectivity index (χ3n) is 12.2. The van der Waals surface area contributed by atoms with Crippen LogP contribution in [0.25, 0.3) is 0 Å². The van der Waals surface area contributed by atoms with Crippen LogP contribution in [0.2, 0.25) is 28.0 Å². The highest BCUT2D eigenvalue weighted by atomic mass is 79.9. The van der Waals surface area contributed by atoms with Gasteiger partial charge >= 0.3 is 21.4 Å². The quantitative estimate of drug-likeness (QED) is 0.0788. The van der Waals surface area contributed by atoms with E-state index in [4.69, 9.17) is 42.6 Å². The van der Waals surface area contributed by atoms with Crippen LogP contribution in [0.4, 0.5) is 0 Å². The first-order valence-electron chi connectivity index (χ1n) is 21.8. The fourth-order valence-corrected chi connectivity index (χ4v) is 10.1. The number of ketones is 2. The summed E-state index contributed by atoms with van der Waals surface area (Å²) in [6.45, 7) is 18.8. The molecule has 19 heteroatoms. The van der Waals surface area contributed by atoms with Crippen molar-refractivity contribution in [3.05, 3.63) is 66.5 Å². The topological polar surface area (TPSA) is 192 Å². The lowest BCUT2D eigenvalue weighted by atomic mass is 9.43. The second kappa shape index (κ2) is 24.8. The highest BCUT2D eigenvalue weighted by Crippen LogP contribution is 2.66. The Morgan fingerprint density at radius 1 is 0.778 bits per heavy atom. The number of Topliss-reactive ketones (excluding diaryl/α,β-unsaturated/α-hetero) is 2. The van der Waals surface area contributed by atoms with Crippen molar-refractivity contribution >= 4 is 99.8 Å². The molecule has 2 aromatic carbocycles. The van der Waals surface area contributed by atoms with Gasteiger partial charge in [-0.3, -0.25) is 19.2 Å². The number of hydrogen-bond donors (Lipinski definition) is 6. The van der Waals surface area contributed by atoms with Gasteiger partial charge in [0.15, 0.2) is 11.6 Å². The largest absolute Gasteiger partial charge is 0.461 e. The van der Waals surface area contributed by atoms with E-state index in [1.807, 2.05) is 27.7 Å². The summed E-state index contributed by atoms with van der Waals surface area (Å²) < 4.78 is 14.6. The molecule has 6 rings (SSSR count). The minimum absolute atomic E-state index is 0.00232. The maximum Gasteiger partial charge on any atom is 0.461 e. The smallest absolute Gasteiger partial charge is 0.427 e. The summed E-state index contributed by atoms with van der Waals surface area (Å²) in [5.74, 6) is 0.533. The number of rotatable bonds is 18. The number of nitrogens with one attached hydrogen (secondary N) is 2. The molecule has 0 radical (unpaired) electrons. The third-order valence-corrected chi connectivity index (χ3v) is 13.9. The van der Waals surface area contributed by atoms with Crippen LogP contribution >= 0.6 is 55.1 Å². The number of hydrogen-bond acceptors (Lipinski definition) is 10. The van der Waals surface area contributed by atoms with Gasteiger partial charge in [0, 0.05) is 33.4 Å². The highest BCUT2D eigenvalue weighted by molar-refractivity contribution is 9.10. The van der Waals surface area contributed by atoms with Gasteiger partial charge < -0.3 is 40.0 Å². The average Bonchev–Trinajstić information content (AvgIpc) is 3.54. The number of carbonyl (C=O) groups excluding carboxylic acids is 4. The fourth-order valence-electron chi connectivity index (χ4n) is 8.96. The molecule has 12 nitrogen and oxygen atoms in total. The summed E-state index contributed by atoms with van der Waals surface area (Å²) in [4.78, 5) is 49.4. The lowest BCUT2D eigenvalue weighted by Gasteiger charge is -2.64. The summed E-state index contributed by atoms with van der Waals surface area (Å²) in [5, 5.41) is 41.1. The molecule has 6 atom stereocenters. The van der Waals surface area contributed by atoms with E-state index in [2.05, 4.69) is 77.1 Å². The van der Waals surface area contributed by atoms with Gasteiger partial charge in [0.2, 0.25) is 0 Å². The SMILES string of the molecule is CC(C)CB(O)O.CC(C)C[C@H](CC(=O)CNC(=O)c1cc(Br)ccc1Cl)B(O)O.CC(C)C[C@H](CC(=O)CNC(=O)c1cc(Br)ccc1Cl)B1O[C@@H]2C[C@@H]3C[C@@H](C3(C)C)[C@]2(C)O1. The molecule has 0 spiro atoms. The Hall–Kier alpha value is -1.79. The molecule has 0 unspecified atom stereocenters. The van der Waals surface area contributed by atoms with Crippen molar-refractivity contribution in [3.8, 4) is 0 Å². The molecule has 2 aromatic rings. The van der Waals surface area contributed by atoms with Crippen molar-refractivity contribution in [1.29, 1.82) is 0 Å². The van der Waals surface area contributed by atoms with E-state index in [0.29, 0.717) is 62.9 Å². The molecule has 2 amide bonds. The Morgan fingerprint density at radius 2 is 1.27 bits per heavy atom. The van der Waals surface area contributed by atoms with Gasteiger partial charge in [-0.2, -0.15) is 0 Å². The van der Waals surface area contributed by atoms with Crippen molar-refractivity contribution in [3.63, 3.8) is 0 Å².